The van der Waals surface area contributed by atoms with Gasteiger partial charge in [-0.25, -0.2) is 0 Å². The smallest absolute Gasteiger partial charge is 0.225 e. The first-order valence-electron chi connectivity index (χ1n) is 3.71. The number of aliphatic hydroxyl groups is 1. The lowest BCUT2D eigenvalue weighted by Gasteiger charge is -2.00. The first-order chi connectivity index (χ1) is 5.29. The number of rotatable bonds is 4. The number of nitrogens with one attached hydrogen (secondary N) is 1. The van der Waals surface area contributed by atoms with Crippen LogP contribution in [-0.2, 0) is 9.53 Å². The molecule has 1 amide bonds. The van der Waals surface area contributed by atoms with Gasteiger partial charge in [0, 0.05) is 13.7 Å². The Morgan fingerprint density at radius 2 is 2.55 bits per heavy atom. The van der Waals surface area contributed by atoms with Crippen molar-refractivity contribution in [2.75, 3.05) is 20.3 Å². The molecular weight excluding hydrogens is 146 g/mol. The molecule has 0 aliphatic heterocycles. The standard InChI is InChI=1S/C7H13NO3/c1-11-6-4-5(6)7(10)8-2-3-9/h5-6,9H,2-4H2,1H3,(H,8,10)/t5-,6?/m1/s1. The predicted molar refractivity (Wildman–Crippen MR) is 39.0 cm³/mol. The summed E-state index contributed by atoms with van der Waals surface area (Å²) in [6, 6.07) is 0. The molecule has 2 atom stereocenters. The van der Waals surface area contributed by atoms with Gasteiger partial charge in [-0.05, 0) is 6.42 Å². The third-order valence-corrected chi connectivity index (χ3v) is 1.78. The molecule has 64 valence electrons. The number of ether oxygens (including phenoxy) is 1. The van der Waals surface area contributed by atoms with Crippen molar-refractivity contribution >= 4 is 5.91 Å². The maximum absolute atomic E-state index is 11.0. The van der Waals surface area contributed by atoms with Crippen LogP contribution in [0.5, 0.6) is 0 Å². The molecule has 1 rings (SSSR count). The monoisotopic (exact) mass is 159 g/mol. The maximum Gasteiger partial charge on any atom is 0.225 e. The van der Waals surface area contributed by atoms with Gasteiger partial charge in [0.15, 0.2) is 0 Å². The van der Waals surface area contributed by atoms with E-state index in [-0.39, 0.29) is 24.5 Å². The second-order valence-corrected chi connectivity index (χ2v) is 2.63. The fraction of sp³-hybridized carbons (Fsp3) is 0.857. The second kappa shape index (κ2) is 3.69. The summed E-state index contributed by atoms with van der Waals surface area (Å²) in [6.07, 6.45) is 0.919. The Kier molecular flexibility index (Phi) is 2.84. The van der Waals surface area contributed by atoms with E-state index in [2.05, 4.69) is 5.32 Å². The number of hydrogen-bond donors (Lipinski definition) is 2. The molecule has 4 heteroatoms. The second-order valence-electron chi connectivity index (χ2n) is 2.63. The van der Waals surface area contributed by atoms with Gasteiger partial charge in [-0.2, -0.15) is 0 Å². The molecule has 2 N–H and O–H groups in total. The molecule has 4 nitrogen and oxygen atoms in total. The van der Waals surface area contributed by atoms with Crippen molar-refractivity contribution in [1.82, 2.24) is 5.32 Å². The summed E-state index contributed by atoms with van der Waals surface area (Å²) >= 11 is 0. The molecule has 0 aromatic carbocycles. The van der Waals surface area contributed by atoms with Gasteiger partial charge >= 0.3 is 0 Å². The minimum Gasteiger partial charge on any atom is -0.395 e. The molecule has 0 heterocycles. The van der Waals surface area contributed by atoms with E-state index in [1.54, 1.807) is 7.11 Å². The summed E-state index contributed by atoms with van der Waals surface area (Å²) in [5, 5.41) is 11.0. The van der Waals surface area contributed by atoms with Crippen LogP contribution in [0.3, 0.4) is 0 Å². The van der Waals surface area contributed by atoms with Gasteiger partial charge in [0.2, 0.25) is 5.91 Å². The third-order valence-electron chi connectivity index (χ3n) is 1.78. The quantitative estimate of drug-likeness (QED) is 0.560. The molecule has 1 fully saturated rings. The topological polar surface area (TPSA) is 58.6 Å². The number of hydrogen-bond acceptors (Lipinski definition) is 3. The van der Waals surface area contributed by atoms with Gasteiger partial charge in [-0.15, -0.1) is 0 Å². The van der Waals surface area contributed by atoms with E-state index in [1.165, 1.54) is 0 Å². The highest BCUT2D eigenvalue weighted by Crippen LogP contribution is 2.32. The zero-order valence-corrected chi connectivity index (χ0v) is 6.54. The van der Waals surface area contributed by atoms with Crippen molar-refractivity contribution in [1.29, 1.82) is 0 Å². The van der Waals surface area contributed by atoms with E-state index in [4.69, 9.17) is 9.84 Å². The van der Waals surface area contributed by atoms with Crippen LogP contribution in [0.25, 0.3) is 0 Å². The van der Waals surface area contributed by atoms with Gasteiger partial charge in [0.05, 0.1) is 18.6 Å². The zero-order valence-electron chi connectivity index (χ0n) is 6.54. The van der Waals surface area contributed by atoms with Gasteiger partial charge < -0.3 is 15.2 Å². The summed E-state index contributed by atoms with van der Waals surface area (Å²) in [5.74, 6) is 0.0115. The van der Waals surface area contributed by atoms with Crippen LogP contribution in [0.15, 0.2) is 0 Å². The Morgan fingerprint density at radius 1 is 1.82 bits per heavy atom. The molecule has 0 aromatic rings. The molecule has 1 aliphatic rings. The number of amides is 1. The van der Waals surface area contributed by atoms with Gasteiger partial charge in [0.1, 0.15) is 0 Å². The Bertz CT molecular complexity index is 149. The first-order valence-corrected chi connectivity index (χ1v) is 3.71. The largest absolute Gasteiger partial charge is 0.395 e. The van der Waals surface area contributed by atoms with Crippen LogP contribution in [0.4, 0.5) is 0 Å². The Morgan fingerprint density at radius 3 is 3.00 bits per heavy atom. The molecule has 0 bridgehead atoms. The molecular formula is C7H13NO3. The van der Waals surface area contributed by atoms with E-state index < -0.39 is 0 Å². The van der Waals surface area contributed by atoms with Crippen LogP contribution in [0.2, 0.25) is 0 Å². The molecule has 1 aliphatic carbocycles. The highest BCUT2D eigenvalue weighted by atomic mass is 16.5. The summed E-state index contributed by atoms with van der Waals surface area (Å²) < 4.78 is 4.95. The maximum atomic E-state index is 11.0. The SMILES string of the molecule is COC1C[C@H]1C(=O)NCCO. The lowest BCUT2D eigenvalue weighted by Crippen LogP contribution is -2.28. The molecule has 1 unspecified atom stereocenters. The van der Waals surface area contributed by atoms with Crippen LogP contribution in [0.1, 0.15) is 6.42 Å². The Labute approximate surface area is 65.5 Å². The van der Waals surface area contributed by atoms with E-state index in [9.17, 15) is 4.79 Å². The summed E-state index contributed by atoms with van der Waals surface area (Å²) in [6.45, 7) is 0.335. The molecule has 0 aromatic heterocycles. The number of aliphatic hydroxyl groups excluding tert-OH is 1. The van der Waals surface area contributed by atoms with Gasteiger partial charge in [-0.3, -0.25) is 4.79 Å². The van der Waals surface area contributed by atoms with Crippen molar-refractivity contribution in [3.63, 3.8) is 0 Å². The Balaban J connectivity index is 2.12. The minimum atomic E-state index is -0.00843. The minimum absolute atomic E-state index is 0.00386. The lowest BCUT2D eigenvalue weighted by atomic mass is 10.4. The summed E-state index contributed by atoms with van der Waals surface area (Å²) in [7, 11) is 1.60. The third kappa shape index (κ3) is 2.17. The molecule has 0 spiro atoms. The fourth-order valence-electron chi connectivity index (χ4n) is 1.02. The average molecular weight is 159 g/mol. The molecule has 11 heavy (non-hydrogen) atoms. The van der Waals surface area contributed by atoms with E-state index in [1.807, 2.05) is 0 Å². The highest BCUT2D eigenvalue weighted by molar-refractivity contribution is 5.81. The number of methoxy groups -OCH3 is 1. The van der Waals surface area contributed by atoms with E-state index in [0.29, 0.717) is 6.54 Å². The van der Waals surface area contributed by atoms with E-state index in [0.717, 1.165) is 6.42 Å². The molecule has 0 saturated heterocycles. The van der Waals surface area contributed by atoms with Crippen LogP contribution < -0.4 is 5.32 Å². The summed E-state index contributed by atoms with van der Waals surface area (Å²) in [5.41, 5.74) is 0. The normalized spacial score (nSPS) is 28.2. The highest BCUT2D eigenvalue weighted by Gasteiger charge is 2.43. The first kappa shape index (κ1) is 8.49. The van der Waals surface area contributed by atoms with Crippen LogP contribution in [-0.4, -0.2) is 37.4 Å². The number of carbonyl (C=O) groups is 1. The molecule has 0 radical (unpaired) electrons. The molecule has 1 saturated carbocycles. The Hall–Kier alpha value is -0.610. The van der Waals surface area contributed by atoms with Crippen molar-refractivity contribution < 1.29 is 14.6 Å². The predicted octanol–water partition coefficient (Wildman–Crippen LogP) is -0.870. The van der Waals surface area contributed by atoms with Crippen LogP contribution in [0, 0.1) is 5.92 Å². The van der Waals surface area contributed by atoms with Gasteiger partial charge in [-0.1, -0.05) is 0 Å². The van der Waals surface area contributed by atoms with E-state index >= 15 is 0 Å². The average Bonchev–Trinajstić information content (AvgIpc) is 2.78. The number of carbonyl (C=O) groups excluding carboxylic acids is 1. The van der Waals surface area contributed by atoms with Crippen molar-refractivity contribution in [2.24, 2.45) is 5.92 Å². The van der Waals surface area contributed by atoms with Crippen molar-refractivity contribution in [3.8, 4) is 0 Å². The van der Waals surface area contributed by atoms with Gasteiger partial charge in [0.25, 0.3) is 0 Å². The lowest BCUT2D eigenvalue weighted by molar-refractivity contribution is -0.123. The van der Waals surface area contributed by atoms with Crippen molar-refractivity contribution in [2.45, 2.75) is 12.5 Å². The summed E-state index contributed by atoms with van der Waals surface area (Å²) in [4.78, 5) is 11.0. The van der Waals surface area contributed by atoms with Crippen molar-refractivity contribution in [3.05, 3.63) is 0 Å². The van der Waals surface area contributed by atoms with Crippen LogP contribution >= 0.6 is 0 Å². The fourth-order valence-corrected chi connectivity index (χ4v) is 1.02. The zero-order chi connectivity index (χ0) is 8.27.